The first kappa shape index (κ1) is 71.5. The summed E-state index contributed by atoms with van der Waals surface area (Å²) in [4.78, 5) is 167. The zero-order chi connectivity index (χ0) is 62.9. The number of carbonyl (C=O) groups is 12. The first-order valence-electron chi connectivity index (χ1n) is 30.2. The monoisotopic (exact) mass is 1170 g/mol. The van der Waals surface area contributed by atoms with Gasteiger partial charge in [0.05, 0.1) is 36.0 Å². The van der Waals surface area contributed by atoms with E-state index in [2.05, 4.69) is 36.9 Å². The Balaban J connectivity index is 1.97. The van der Waals surface area contributed by atoms with Crippen molar-refractivity contribution < 1.29 is 57.5 Å². The Bertz CT molecular complexity index is 2670. The Morgan fingerprint density at radius 3 is 2.07 bits per heavy atom. The summed E-state index contributed by atoms with van der Waals surface area (Å²) in [6, 6.07) is 1.42. The number of allylic oxidation sites excluding steroid dienone is 2. The maximum absolute atomic E-state index is 14.6. The number of fused-ring (bicyclic) bond motifs is 1. The maximum Gasteiger partial charge on any atom is 0.246 e. The van der Waals surface area contributed by atoms with Gasteiger partial charge >= 0.3 is 0 Å². The van der Waals surface area contributed by atoms with Crippen LogP contribution in [0.2, 0.25) is 0 Å². The Kier molecular flexibility index (Phi) is 29.7. The molecular weight excluding hydrogens is 1070 g/mol. The van der Waals surface area contributed by atoms with Crippen molar-refractivity contribution >= 4 is 81.0 Å². The van der Waals surface area contributed by atoms with Crippen molar-refractivity contribution in [2.45, 2.75) is 221 Å². The third-order valence-corrected chi connectivity index (χ3v) is 16.1. The molecule has 0 spiro atoms. The van der Waals surface area contributed by atoms with Gasteiger partial charge in [-0.3, -0.25) is 57.5 Å². The number of aromatic amines is 1. The van der Waals surface area contributed by atoms with Crippen molar-refractivity contribution in [1.29, 1.82) is 0 Å². The minimum absolute atomic E-state index is 0.0107. The third-order valence-electron chi connectivity index (χ3n) is 16.1. The second-order valence-corrected chi connectivity index (χ2v) is 24.2. The normalized spacial score (nSPS) is 24.3. The topological polar surface area (TPSA) is 345 Å². The molecule has 0 radical (unpaired) electrons. The van der Waals surface area contributed by atoms with Crippen molar-refractivity contribution in [1.82, 2.24) is 36.9 Å². The van der Waals surface area contributed by atoms with Gasteiger partial charge in [0.2, 0.25) is 58.6 Å². The van der Waals surface area contributed by atoms with E-state index in [4.69, 9.17) is 11.5 Å². The van der Waals surface area contributed by atoms with Crippen LogP contribution < -0.4 is 43.4 Å². The lowest BCUT2D eigenvalue weighted by atomic mass is 9.73. The molecule has 3 rings (SSSR count). The highest BCUT2D eigenvalue weighted by Gasteiger charge is 2.41. The molecule has 11 N–H and O–H groups in total. The predicted octanol–water partition coefficient (Wildman–Crippen LogP) is 5.17. The number of nitrogens with one attached hydrogen (secondary N) is 7. The van der Waals surface area contributed by atoms with Crippen LogP contribution in [0.4, 0.5) is 0 Å². The number of amides is 6. The molecule has 466 valence electrons. The number of ketones is 6. The first-order valence-corrected chi connectivity index (χ1v) is 30.2. The lowest BCUT2D eigenvalue weighted by molar-refractivity contribution is -0.141. The smallest absolute Gasteiger partial charge is 0.246 e. The Hall–Kier alpha value is -6.74. The van der Waals surface area contributed by atoms with E-state index in [1.807, 2.05) is 57.2 Å². The number of aromatic nitrogens is 1. The molecular formula is C63H97N9O12. The van der Waals surface area contributed by atoms with Gasteiger partial charge in [0, 0.05) is 60.8 Å². The van der Waals surface area contributed by atoms with Gasteiger partial charge in [-0.1, -0.05) is 90.2 Å². The zero-order valence-corrected chi connectivity index (χ0v) is 51.4. The van der Waals surface area contributed by atoms with Crippen LogP contribution in [0.25, 0.3) is 10.9 Å². The molecule has 1 aliphatic rings. The van der Waals surface area contributed by atoms with Gasteiger partial charge in [0.1, 0.15) is 23.1 Å². The number of nitrogens with two attached hydrogens (primary N) is 2. The number of primary amides is 2. The molecule has 4 unspecified atom stereocenters. The van der Waals surface area contributed by atoms with Crippen LogP contribution in [0.1, 0.15) is 184 Å². The molecule has 0 bridgehead atoms. The average molecular weight is 1170 g/mol. The number of unbranched alkanes of at least 4 members (excludes halogenated alkanes) is 1. The summed E-state index contributed by atoms with van der Waals surface area (Å²) < 4.78 is 0. The van der Waals surface area contributed by atoms with Gasteiger partial charge in [-0.25, -0.2) is 0 Å². The van der Waals surface area contributed by atoms with E-state index in [1.54, 1.807) is 13.1 Å². The van der Waals surface area contributed by atoms with Gasteiger partial charge in [-0.15, -0.1) is 0 Å². The average Bonchev–Trinajstić information content (AvgIpc) is 4.08. The third kappa shape index (κ3) is 23.0. The summed E-state index contributed by atoms with van der Waals surface area (Å²) in [6.45, 7) is 15.9. The van der Waals surface area contributed by atoms with Crippen LogP contribution in [-0.4, -0.2) is 124 Å². The molecule has 1 aromatic carbocycles. The summed E-state index contributed by atoms with van der Waals surface area (Å²) in [5.74, 6) is -10.8. The van der Waals surface area contributed by atoms with Gasteiger partial charge in [0.15, 0.2) is 0 Å². The Morgan fingerprint density at radius 2 is 1.43 bits per heavy atom. The number of hydrogen-bond donors (Lipinski definition) is 9. The van der Waals surface area contributed by atoms with Crippen molar-refractivity contribution in [2.75, 3.05) is 13.1 Å². The summed E-state index contributed by atoms with van der Waals surface area (Å²) in [6.07, 6.45) is 12.5. The fraction of sp³-hybridized carbons (Fsp3) is 0.651. The van der Waals surface area contributed by atoms with Crippen LogP contribution in [0.5, 0.6) is 0 Å². The van der Waals surface area contributed by atoms with Crippen molar-refractivity contribution in [3.63, 3.8) is 0 Å². The van der Waals surface area contributed by atoms with Crippen LogP contribution in [-0.2, 0) is 64.0 Å². The van der Waals surface area contributed by atoms with Crippen LogP contribution in [0.3, 0.4) is 0 Å². The zero-order valence-electron chi connectivity index (χ0n) is 51.4. The highest BCUT2D eigenvalue weighted by atomic mass is 16.2. The molecule has 21 nitrogen and oxygen atoms in total. The van der Waals surface area contributed by atoms with Gasteiger partial charge in [-0.05, 0) is 123 Å². The van der Waals surface area contributed by atoms with Gasteiger partial charge < -0.3 is 48.4 Å². The highest BCUT2D eigenvalue weighted by Crippen LogP contribution is 2.34. The van der Waals surface area contributed by atoms with E-state index in [1.165, 1.54) is 41.5 Å². The number of H-pyrrole nitrogens is 1. The second kappa shape index (κ2) is 34.9. The fourth-order valence-corrected chi connectivity index (χ4v) is 10.7. The standard InChI is InChI=1S/C63H97N9O12/c1-11-12-24-44(58(81)70-43(8)57(65)80)35-66-40(5)53(76)54(77)42(7)71-61(84)63(10)30-23-19-17-15-13-14-16-18-22-29-62(9,34-39(4)73)51(74)33-45(32-46-36-67-49-26-21-20-25-48(46)49)59(82)69-41(6)55(78)56(79)50(27-28-52(64)75)68-37-47(31-38(2)3)60(83)72-63/h15,17,20-21,25-26,36,38,40-45,47,50,66-68H,11-14,16,18-19,22-24,27-35,37H2,1-10H3,(H2,64,75)(H2,65,80)(H,69,82)(H,70,81)(H,71,84)(H,72,83)/b17-15+/t40?,41?,42?,43?,44-,45-,47-,50+,62+,63+/m1/s1. The molecule has 0 saturated carbocycles. The van der Waals surface area contributed by atoms with E-state index in [0.29, 0.717) is 38.5 Å². The lowest BCUT2D eigenvalue weighted by Gasteiger charge is -2.33. The second-order valence-electron chi connectivity index (χ2n) is 24.2. The van der Waals surface area contributed by atoms with Crippen LogP contribution in [0.15, 0.2) is 42.6 Å². The van der Waals surface area contributed by atoms with Gasteiger partial charge in [0.25, 0.3) is 0 Å². The number of para-hydroxylation sites is 1. The Morgan fingerprint density at radius 1 is 0.774 bits per heavy atom. The molecule has 21 heteroatoms. The van der Waals surface area contributed by atoms with Crippen LogP contribution in [0, 0.1) is 29.1 Å². The molecule has 0 aliphatic carbocycles. The fourth-order valence-electron chi connectivity index (χ4n) is 10.7. The predicted molar refractivity (Wildman–Crippen MR) is 321 cm³/mol. The summed E-state index contributed by atoms with van der Waals surface area (Å²) in [7, 11) is 0. The van der Waals surface area contributed by atoms with E-state index in [0.717, 1.165) is 48.6 Å². The minimum atomic E-state index is -1.65. The Labute approximate surface area is 496 Å². The molecule has 84 heavy (non-hydrogen) atoms. The largest absolute Gasteiger partial charge is 0.370 e. The molecule has 1 aromatic heterocycles. The first-order chi connectivity index (χ1) is 39.5. The van der Waals surface area contributed by atoms with E-state index in [9.17, 15) is 57.5 Å². The molecule has 2 aromatic rings. The lowest BCUT2D eigenvalue weighted by Crippen LogP contribution is -2.61. The quantitative estimate of drug-likeness (QED) is 0.0512. The summed E-state index contributed by atoms with van der Waals surface area (Å²) in [5, 5.41) is 17.7. The van der Waals surface area contributed by atoms with Gasteiger partial charge in [-0.2, -0.15) is 0 Å². The van der Waals surface area contributed by atoms with E-state index < -0.39 is 117 Å². The van der Waals surface area contributed by atoms with E-state index in [-0.39, 0.29) is 75.5 Å². The molecule has 2 heterocycles. The number of carbonyl (C=O) groups excluding carboxylic acids is 12. The number of Topliss-reactive ketones (excluding diaryl/α,β-unsaturated/α-hetero) is 6. The highest BCUT2D eigenvalue weighted by molar-refractivity contribution is 6.41. The number of hydrogen-bond acceptors (Lipinski definition) is 14. The van der Waals surface area contributed by atoms with Crippen molar-refractivity contribution in [3.05, 3.63) is 48.2 Å². The molecule has 0 fully saturated rings. The molecule has 10 atom stereocenters. The van der Waals surface area contributed by atoms with E-state index >= 15 is 0 Å². The molecule has 6 amide bonds. The molecule has 1 aliphatic heterocycles. The SMILES string of the molecule is CCCC[C@H](CNC(C)C(=O)C(=O)C(C)NC(=O)[C@]1(C)CCC/C=C/CCCCCC[C@@](C)(CC(C)=O)C(=O)C[C@@H](Cc2c[nH]c3ccccc23)C(=O)NC(C)C(=O)C(=O)[C@H](CCC(N)=O)NC[C@@H](CC(C)C)C(=O)N1)C(=O)NC(C)C(N)=O. The molecule has 0 saturated heterocycles. The number of rotatable bonds is 23. The summed E-state index contributed by atoms with van der Waals surface area (Å²) in [5.41, 5.74) is 9.74. The summed E-state index contributed by atoms with van der Waals surface area (Å²) >= 11 is 0. The minimum Gasteiger partial charge on any atom is -0.370 e. The maximum atomic E-state index is 14.6. The van der Waals surface area contributed by atoms with Crippen molar-refractivity contribution in [2.24, 2.45) is 40.6 Å². The van der Waals surface area contributed by atoms with Crippen molar-refractivity contribution in [3.8, 4) is 0 Å². The van der Waals surface area contributed by atoms with Crippen LogP contribution >= 0.6 is 0 Å². The number of benzene rings is 1.